The Morgan fingerprint density at radius 3 is 2.81 bits per heavy atom. The molecule has 1 atom stereocenters. The highest BCUT2D eigenvalue weighted by atomic mass is 32.2. The third-order valence-corrected chi connectivity index (χ3v) is 3.84. The van der Waals surface area contributed by atoms with Crippen LogP contribution in [0.5, 0.6) is 0 Å². The third-order valence-electron chi connectivity index (χ3n) is 2.98. The largest absolute Gasteiger partial charge is 0.387 e. The van der Waals surface area contributed by atoms with Crippen LogP contribution in [0.4, 0.5) is 0 Å². The van der Waals surface area contributed by atoms with Gasteiger partial charge in [0.25, 0.3) is 5.56 Å². The summed E-state index contributed by atoms with van der Waals surface area (Å²) >= 11 is 1.36. The molecule has 6 heteroatoms. The van der Waals surface area contributed by atoms with Crippen molar-refractivity contribution in [3.05, 3.63) is 46.1 Å². The Morgan fingerprint density at radius 1 is 1.38 bits per heavy atom. The second-order valence-electron chi connectivity index (χ2n) is 4.74. The van der Waals surface area contributed by atoms with Gasteiger partial charge in [0.2, 0.25) is 0 Å². The van der Waals surface area contributed by atoms with E-state index in [1.807, 2.05) is 13.0 Å². The summed E-state index contributed by atoms with van der Waals surface area (Å²) in [4.78, 5) is 23.9. The van der Waals surface area contributed by atoms with Gasteiger partial charge >= 0.3 is 0 Å². The summed E-state index contributed by atoms with van der Waals surface area (Å²) < 4.78 is 0. The summed E-state index contributed by atoms with van der Waals surface area (Å²) in [6.45, 7) is 3.96. The molecule has 112 valence electrons. The topological polar surface area (TPSA) is 78.9 Å². The van der Waals surface area contributed by atoms with Crippen molar-refractivity contribution in [1.82, 2.24) is 15.0 Å². The van der Waals surface area contributed by atoms with Gasteiger partial charge in [-0.25, -0.2) is 4.98 Å². The lowest BCUT2D eigenvalue weighted by atomic mass is 10.2. The number of hydrogen-bond acceptors (Lipinski definition) is 5. The molecule has 0 saturated heterocycles. The number of H-pyrrole nitrogens is 1. The van der Waals surface area contributed by atoms with Gasteiger partial charge in [-0.15, -0.1) is 0 Å². The van der Waals surface area contributed by atoms with E-state index in [-0.39, 0.29) is 5.56 Å². The maximum Gasteiger partial charge on any atom is 0.251 e. The molecule has 2 N–H and O–H groups in total. The Bertz CT molecular complexity index is 640. The quantitative estimate of drug-likeness (QED) is 0.802. The Kier molecular flexibility index (Phi) is 5.52. The summed E-state index contributed by atoms with van der Waals surface area (Å²) in [5, 5.41) is 10.3. The maximum atomic E-state index is 11.6. The fourth-order valence-corrected chi connectivity index (χ4v) is 2.67. The predicted octanol–water partition coefficient (Wildman–Crippen LogP) is 2.71. The number of nitrogens with one attached hydrogen (secondary N) is 1. The minimum absolute atomic E-state index is 0.137. The van der Waals surface area contributed by atoms with E-state index in [1.54, 1.807) is 12.3 Å². The van der Waals surface area contributed by atoms with Crippen LogP contribution >= 0.6 is 11.8 Å². The molecule has 0 fully saturated rings. The van der Waals surface area contributed by atoms with Crippen LogP contribution in [0, 0.1) is 0 Å². The second-order valence-corrected chi connectivity index (χ2v) is 5.80. The molecule has 0 bridgehead atoms. The van der Waals surface area contributed by atoms with E-state index in [0.29, 0.717) is 17.3 Å². The molecule has 21 heavy (non-hydrogen) atoms. The van der Waals surface area contributed by atoms with Crippen LogP contribution in [0.3, 0.4) is 0 Å². The molecule has 2 heterocycles. The molecule has 0 spiro atoms. The molecule has 2 aromatic heterocycles. The van der Waals surface area contributed by atoms with Crippen molar-refractivity contribution >= 4 is 11.8 Å². The lowest BCUT2D eigenvalue weighted by molar-refractivity contribution is 0.169. The number of aromatic nitrogens is 3. The van der Waals surface area contributed by atoms with E-state index in [0.717, 1.165) is 23.4 Å². The Labute approximate surface area is 127 Å². The molecule has 0 aliphatic carbocycles. The first kappa shape index (κ1) is 15.7. The van der Waals surface area contributed by atoms with Crippen molar-refractivity contribution in [1.29, 1.82) is 0 Å². The standard InChI is InChI=1S/C15H19N3O2S/c1-3-5-10-8-14(20)18-15(17-10)21-11-6-7-12(16-9-11)13(19)4-2/h6-9,13,19H,3-5H2,1-2H3,(H,17,18,20). The molecule has 2 rings (SSSR count). The summed E-state index contributed by atoms with van der Waals surface area (Å²) in [6, 6.07) is 5.20. The Balaban J connectivity index is 2.16. The van der Waals surface area contributed by atoms with E-state index in [4.69, 9.17) is 0 Å². The molecule has 1 unspecified atom stereocenters. The number of aromatic amines is 1. The molecule has 5 nitrogen and oxygen atoms in total. The van der Waals surface area contributed by atoms with E-state index < -0.39 is 6.10 Å². The van der Waals surface area contributed by atoms with Gasteiger partial charge in [0.05, 0.1) is 11.8 Å². The van der Waals surface area contributed by atoms with Crippen molar-refractivity contribution in [3.8, 4) is 0 Å². The van der Waals surface area contributed by atoms with Crippen LogP contribution in [0.1, 0.15) is 44.2 Å². The van der Waals surface area contributed by atoms with E-state index in [1.165, 1.54) is 17.8 Å². The minimum atomic E-state index is -0.533. The van der Waals surface area contributed by atoms with E-state index >= 15 is 0 Å². The lowest BCUT2D eigenvalue weighted by Crippen LogP contribution is -2.09. The first-order valence-electron chi connectivity index (χ1n) is 7.04. The van der Waals surface area contributed by atoms with Crippen LogP contribution in [-0.4, -0.2) is 20.1 Å². The first-order valence-corrected chi connectivity index (χ1v) is 7.86. The van der Waals surface area contributed by atoms with Gasteiger partial charge < -0.3 is 10.1 Å². The average Bonchev–Trinajstić information content (AvgIpc) is 2.47. The fraction of sp³-hybridized carbons (Fsp3) is 0.400. The molecule has 0 aromatic carbocycles. The number of rotatable bonds is 6. The smallest absolute Gasteiger partial charge is 0.251 e. The summed E-state index contributed by atoms with van der Waals surface area (Å²) in [5.74, 6) is 0. The highest BCUT2D eigenvalue weighted by molar-refractivity contribution is 7.99. The van der Waals surface area contributed by atoms with Crippen molar-refractivity contribution in [2.24, 2.45) is 0 Å². The average molecular weight is 305 g/mol. The zero-order chi connectivity index (χ0) is 15.2. The van der Waals surface area contributed by atoms with Gasteiger partial charge in [0.1, 0.15) is 0 Å². The van der Waals surface area contributed by atoms with E-state index in [2.05, 4.69) is 21.9 Å². The highest BCUT2D eigenvalue weighted by Crippen LogP contribution is 2.24. The van der Waals surface area contributed by atoms with Gasteiger partial charge in [-0.3, -0.25) is 9.78 Å². The monoisotopic (exact) mass is 305 g/mol. The molecule has 0 aliphatic rings. The maximum absolute atomic E-state index is 11.6. The van der Waals surface area contributed by atoms with E-state index in [9.17, 15) is 9.90 Å². The van der Waals surface area contributed by atoms with Crippen LogP contribution in [-0.2, 0) is 6.42 Å². The number of nitrogens with zero attached hydrogens (tertiary/aromatic N) is 2. The lowest BCUT2D eigenvalue weighted by Gasteiger charge is -2.07. The first-order chi connectivity index (χ1) is 10.1. The number of aliphatic hydroxyl groups excluding tert-OH is 1. The van der Waals surface area contributed by atoms with Gasteiger partial charge in [-0.1, -0.05) is 32.0 Å². The third kappa shape index (κ3) is 4.41. The minimum Gasteiger partial charge on any atom is -0.387 e. The summed E-state index contributed by atoms with van der Waals surface area (Å²) in [7, 11) is 0. The van der Waals surface area contributed by atoms with Crippen LogP contribution in [0.15, 0.2) is 39.2 Å². The summed E-state index contributed by atoms with van der Waals surface area (Å²) in [6.07, 6.45) is 3.52. The van der Waals surface area contributed by atoms with Gasteiger partial charge in [0.15, 0.2) is 5.16 Å². The van der Waals surface area contributed by atoms with Crippen molar-refractivity contribution in [3.63, 3.8) is 0 Å². The van der Waals surface area contributed by atoms with Crippen LogP contribution in [0.25, 0.3) is 0 Å². The second kappa shape index (κ2) is 7.38. The normalized spacial score (nSPS) is 12.3. The van der Waals surface area contributed by atoms with Crippen LogP contribution in [0.2, 0.25) is 0 Å². The number of aryl methyl sites for hydroxylation is 1. The molecule has 0 amide bonds. The molecule has 0 radical (unpaired) electrons. The van der Waals surface area contributed by atoms with Crippen LogP contribution < -0.4 is 5.56 Å². The SMILES string of the molecule is CCCc1cc(=O)[nH]c(Sc2ccc(C(O)CC)nc2)n1. The zero-order valence-corrected chi connectivity index (χ0v) is 13.0. The molecular formula is C15H19N3O2S. The van der Waals surface area contributed by atoms with Gasteiger partial charge in [0, 0.05) is 22.9 Å². The number of hydrogen-bond donors (Lipinski definition) is 2. The van der Waals surface area contributed by atoms with Crippen molar-refractivity contribution in [2.45, 2.75) is 49.3 Å². The molecular weight excluding hydrogens is 286 g/mol. The number of aliphatic hydroxyl groups is 1. The highest BCUT2D eigenvalue weighted by Gasteiger charge is 2.08. The van der Waals surface area contributed by atoms with Gasteiger partial charge in [-0.2, -0.15) is 0 Å². The number of pyridine rings is 1. The van der Waals surface area contributed by atoms with Crippen molar-refractivity contribution in [2.75, 3.05) is 0 Å². The molecule has 0 saturated carbocycles. The zero-order valence-electron chi connectivity index (χ0n) is 12.2. The summed E-state index contributed by atoms with van der Waals surface area (Å²) in [5.41, 5.74) is 1.32. The Hall–Kier alpha value is -1.66. The predicted molar refractivity (Wildman–Crippen MR) is 82.5 cm³/mol. The Morgan fingerprint density at radius 2 is 2.19 bits per heavy atom. The molecule has 0 aliphatic heterocycles. The fourth-order valence-electron chi connectivity index (χ4n) is 1.89. The van der Waals surface area contributed by atoms with Crippen molar-refractivity contribution < 1.29 is 5.11 Å². The van der Waals surface area contributed by atoms with Gasteiger partial charge in [-0.05, 0) is 25.0 Å². The molecule has 2 aromatic rings.